The van der Waals surface area contributed by atoms with Gasteiger partial charge in [0.25, 0.3) is 0 Å². The monoisotopic (exact) mass is 588 g/mol. The number of para-hydroxylation sites is 1. The second-order valence-corrected chi connectivity index (χ2v) is 10.4. The van der Waals surface area contributed by atoms with Crippen molar-refractivity contribution in [3.63, 3.8) is 0 Å². The molecule has 45 heavy (non-hydrogen) atoms. The molecule has 0 aliphatic carbocycles. The van der Waals surface area contributed by atoms with Crippen molar-refractivity contribution < 1.29 is 26.3 Å². The van der Waals surface area contributed by atoms with Crippen molar-refractivity contribution in [1.82, 2.24) is 0 Å². The molecule has 0 aliphatic heterocycles. The Morgan fingerprint density at radius 1 is 0.356 bits per heavy atom. The number of fused-ring (bicyclic) bond motifs is 5. The summed E-state index contributed by atoms with van der Waals surface area (Å²) in [7, 11) is 0. The van der Waals surface area contributed by atoms with Crippen molar-refractivity contribution in [2.75, 3.05) is 0 Å². The molecule has 9 aromatic rings. The highest BCUT2D eigenvalue weighted by molar-refractivity contribution is 6.24. The number of furan rings is 1. The Kier molecular flexibility index (Phi) is 3.28. The van der Waals surface area contributed by atoms with Crippen LogP contribution in [0.25, 0.3) is 88.0 Å². The van der Waals surface area contributed by atoms with E-state index < -0.39 is 96.2 Å². The molecule has 1 heterocycles. The number of hydrogen-bond acceptors (Lipinski definition) is 1. The fraction of sp³-hybridized carbons (Fsp3) is 0. The maximum atomic E-state index is 10.0. The minimum atomic E-state index is -0.688. The van der Waals surface area contributed by atoms with Gasteiger partial charge < -0.3 is 4.42 Å². The molecule has 0 fully saturated rings. The van der Waals surface area contributed by atoms with E-state index in [1.807, 2.05) is 0 Å². The Morgan fingerprint density at radius 2 is 0.844 bits per heavy atom. The molecule has 9 rings (SSSR count). The highest BCUT2D eigenvalue weighted by atomic mass is 16.3. The first-order valence-corrected chi connectivity index (χ1v) is 14.1. The van der Waals surface area contributed by atoms with Crippen molar-refractivity contribution in [2.24, 2.45) is 0 Å². The molecule has 0 N–H and O–H groups in total. The van der Waals surface area contributed by atoms with Gasteiger partial charge in [-0.1, -0.05) is 151 Å². The van der Waals surface area contributed by atoms with E-state index in [1.54, 1.807) is 72.8 Å². The normalized spacial score (nSPS) is 16.5. The summed E-state index contributed by atoms with van der Waals surface area (Å²) in [6.07, 6.45) is 0. The Bertz CT molecular complexity index is 3330. The molecular formula is C44H28O. The van der Waals surface area contributed by atoms with E-state index in [1.165, 1.54) is 0 Å². The van der Waals surface area contributed by atoms with Crippen LogP contribution in [0.3, 0.4) is 0 Å². The zero-order chi connectivity index (χ0) is 43.7. The maximum Gasteiger partial charge on any atom is 0.136 e. The largest absolute Gasteiger partial charge is 0.456 e. The summed E-state index contributed by atoms with van der Waals surface area (Å²) in [5.74, 6) is 0. The highest BCUT2D eigenvalue weighted by Gasteiger charge is 2.22. The third-order valence-corrected chi connectivity index (χ3v) is 7.97. The van der Waals surface area contributed by atoms with Crippen molar-refractivity contribution in [1.29, 1.82) is 0 Å². The summed E-state index contributed by atoms with van der Waals surface area (Å²) in [5, 5.41) is 1.72. The van der Waals surface area contributed by atoms with Gasteiger partial charge in [-0.2, -0.15) is 0 Å². The Balaban J connectivity index is 1.53. The number of benzene rings is 8. The van der Waals surface area contributed by atoms with Gasteiger partial charge in [0, 0.05) is 10.8 Å². The summed E-state index contributed by atoms with van der Waals surface area (Å²) in [4.78, 5) is 0. The third kappa shape index (κ3) is 4.09. The van der Waals surface area contributed by atoms with E-state index in [9.17, 15) is 2.74 Å². The fourth-order valence-corrected chi connectivity index (χ4v) is 6.13. The smallest absolute Gasteiger partial charge is 0.136 e. The Morgan fingerprint density at radius 3 is 1.47 bits per heavy atom. The van der Waals surface area contributed by atoms with Crippen LogP contribution < -0.4 is 0 Å². The molecule has 0 saturated heterocycles. The van der Waals surface area contributed by atoms with Crippen LogP contribution in [0.2, 0.25) is 0 Å². The quantitative estimate of drug-likeness (QED) is 0.186. The molecule has 210 valence electrons. The average Bonchev–Trinajstić information content (AvgIpc) is 3.68. The minimum Gasteiger partial charge on any atom is -0.456 e. The molecule has 0 radical (unpaired) electrons. The van der Waals surface area contributed by atoms with Gasteiger partial charge >= 0.3 is 0 Å². The molecule has 0 unspecified atom stereocenters. The predicted octanol–water partition coefficient (Wildman–Crippen LogP) is 12.6. The van der Waals surface area contributed by atoms with Crippen LogP contribution in [0.4, 0.5) is 0 Å². The van der Waals surface area contributed by atoms with E-state index in [-0.39, 0.29) is 44.7 Å². The van der Waals surface area contributed by atoms with Crippen LogP contribution in [-0.4, -0.2) is 0 Å². The number of hydrogen-bond donors (Lipinski definition) is 0. The molecule has 0 bridgehead atoms. The summed E-state index contributed by atoms with van der Waals surface area (Å²) in [6, 6.07) is 12.2. The fourth-order valence-electron chi connectivity index (χ4n) is 6.13. The van der Waals surface area contributed by atoms with E-state index in [2.05, 4.69) is 0 Å². The SMILES string of the molecule is [2H]c1c([2H])c([2H])c(-c2ccccc2-c2c3ccccc3c(-c3c(-c4c([2H])c([2H])c([2H])c([2H])c4[2H])c([2H])c4oc5c([2H])c([2H])c([2H])c([2H])c5c4c3[2H])c3ccccc23)c([2H])c1[2H]. The van der Waals surface area contributed by atoms with Crippen molar-refractivity contribution in [3.05, 3.63) is 169 Å². The highest BCUT2D eigenvalue weighted by Crippen LogP contribution is 2.49. The lowest BCUT2D eigenvalue weighted by atomic mass is 9.82. The van der Waals surface area contributed by atoms with Crippen LogP contribution in [0.15, 0.2) is 174 Å². The van der Waals surface area contributed by atoms with Gasteiger partial charge in [-0.05, 0) is 84.2 Å². The first-order chi connectivity index (χ1) is 29.0. The molecule has 0 saturated carbocycles. The molecule has 1 nitrogen and oxygen atoms in total. The lowest BCUT2D eigenvalue weighted by Gasteiger charge is -2.21. The third-order valence-electron chi connectivity index (χ3n) is 7.97. The van der Waals surface area contributed by atoms with Crippen LogP contribution >= 0.6 is 0 Å². The van der Waals surface area contributed by atoms with Crippen molar-refractivity contribution in [2.45, 2.75) is 0 Å². The van der Waals surface area contributed by atoms with Gasteiger partial charge in [-0.3, -0.25) is 0 Å². The maximum absolute atomic E-state index is 10.0. The topological polar surface area (TPSA) is 13.1 Å². The second kappa shape index (κ2) is 10.4. The molecular weight excluding hydrogens is 544 g/mol. The second-order valence-electron chi connectivity index (χ2n) is 10.4. The summed E-state index contributed by atoms with van der Waals surface area (Å²) < 4.78 is 147. The zero-order valence-electron chi connectivity index (χ0n) is 39.3. The lowest BCUT2D eigenvalue weighted by molar-refractivity contribution is 0.669. The van der Waals surface area contributed by atoms with Gasteiger partial charge in [0.15, 0.2) is 0 Å². The molecule has 0 aliphatic rings. The molecule has 1 aromatic heterocycles. The van der Waals surface area contributed by atoms with Gasteiger partial charge in [-0.25, -0.2) is 0 Å². The van der Waals surface area contributed by atoms with Gasteiger partial charge in [0.1, 0.15) is 11.2 Å². The number of rotatable bonds is 4. The van der Waals surface area contributed by atoms with Gasteiger partial charge in [0.2, 0.25) is 0 Å². The lowest BCUT2D eigenvalue weighted by Crippen LogP contribution is -1.94. The van der Waals surface area contributed by atoms with Crippen molar-refractivity contribution >= 4 is 43.5 Å². The first kappa shape index (κ1) is 14.2. The molecule has 1 heteroatoms. The minimum absolute atomic E-state index is 0.0172. The standard InChI is InChI=1S/C44H28O/c1-3-15-29(16-4-1)31-19-7-8-21-33(31)43-34-22-9-11-24-36(34)44(37-25-12-10-23-35(37)43)40-27-39-32-20-13-14-26-41(32)45-42(39)28-38(40)30-17-5-2-6-18-30/h1-28H/i1D,2D,3D,4D,5D,6D,13D,14D,15D,16D,17D,18D,20D,26D,27D,28D. The Labute approximate surface area is 284 Å². The summed E-state index contributed by atoms with van der Waals surface area (Å²) in [6.45, 7) is 0. The summed E-state index contributed by atoms with van der Waals surface area (Å²) in [5.41, 5.74) is 0.340. The first-order valence-electron chi connectivity index (χ1n) is 22.1. The molecule has 0 atom stereocenters. The van der Waals surface area contributed by atoms with Gasteiger partial charge in [0.05, 0.1) is 21.9 Å². The van der Waals surface area contributed by atoms with Crippen LogP contribution in [0.5, 0.6) is 0 Å². The van der Waals surface area contributed by atoms with Crippen LogP contribution in [-0.2, 0) is 0 Å². The molecule has 0 spiro atoms. The summed E-state index contributed by atoms with van der Waals surface area (Å²) >= 11 is 0. The molecule has 0 amide bonds. The van der Waals surface area contributed by atoms with Crippen LogP contribution in [0.1, 0.15) is 21.9 Å². The molecule has 8 aromatic carbocycles. The predicted molar refractivity (Wildman–Crippen MR) is 190 cm³/mol. The van der Waals surface area contributed by atoms with Crippen LogP contribution in [0, 0.1) is 0 Å². The average molecular weight is 589 g/mol. The van der Waals surface area contributed by atoms with Crippen molar-refractivity contribution in [3.8, 4) is 44.5 Å². The van der Waals surface area contributed by atoms with Gasteiger partial charge in [-0.15, -0.1) is 0 Å². The Hall–Kier alpha value is -5.92. The van der Waals surface area contributed by atoms with E-state index in [0.29, 0.717) is 43.8 Å². The van der Waals surface area contributed by atoms with E-state index in [4.69, 9.17) is 23.6 Å². The van der Waals surface area contributed by atoms with E-state index in [0.717, 1.165) is 0 Å². The van der Waals surface area contributed by atoms with E-state index >= 15 is 0 Å². The zero-order valence-corrected chi connectivity index (χ0v) is 23.3.